The molecule has 90 valence electrons. The van der Waals surface area contributed by atoms with Crippen molar-refractivity contribution in [2.24, 2.45) is 0 Å². The molecule has 0 saturated carbocycles. The number of nitrogens with one attached hydrogen (secondary N) is 1. The van der Waals surface area contributed by atoms with E-state index in [1.807, 2.05) is 12.1 Å². The van der Waals surface area contributed by atoms with Crippen molar-refractivity contribution in [2.75, 3.05) is 25.6 Å². The summed E-state index contributed by atoms with van der Waals surface area (Å²) in [4.78, 5) is 0. The van der Waals surface area contributed by atoms with Crippen molar-refractivity contribution in [2.45, 2.75) is 19.4 Å². The monoisotopic (exact) mass is 287 g/mol. The molecule has 1 aromatic rings. The van der Waals surface area contributed by atoms with Gasteiger partial charge in [0.1, 0.15) is 0 Å². The molecule has 0 spiro atoms. The van der Waals surface area contributed by atoms with E-state index in [2.05, 4.69) is 34.2 Å². The Kier molecular flexibility index (Phi) is 5.80. The molecule has 1 aromatic carbocycles. The molecule has 3 nitrogen and oxygen atoms in total. The topological polar surface area (TPSA) is 41.5 Å². The Balaban J connectivity index is 2.59. The van der Waals surface area contributed by atoms with Crippen LogP contribution in [0.1, 0.15) is 12.5 Å². The zero-order valence-corrected chi connectivity index (χ0v) is 11.3. The maximum absolute atomic E-state index is 9.53. The quantitative estimate of drug-likeness (QED) is 0.844. The fourth-order valence-electron chi connectivity index (χ4n) is 1.51. The number of anilines is 1. The molecule has 16 heavy (non-hydrogen) atoms. The minimum atomic E-state index is -0.474. The van der Waals surface area contributed by atoms with E-state index in [0.29, 0.717) is 13.2 Å². The first-order valence-corrected chi connectivity index (χ1v) is 6.16. The van der Waals surface area contributed by atoms with Gasteiger partial charge in [-0.3, -0.25) is 0 Å². The van der Waals surface area contributed by atoms with Crippen molar-refractivity contribution in [3.8, 4) is 0 Å². The van der Waals surface area contributed by atoms with E-state index < -0.39 is 6.10 Å². The van der Waals surface area contributed by atoms with Gasteiger partial charge in [-0.05, 0) is 30.2 Å². The summed E-state index contributed by atoms with van der Waals surface area (Å²) in [6.45, 7) is 2.96. The maximum Gasteiger partial charge on any atom is 0.0945 e. The van der Waals surface area contributed by atoms with Gasteiger partial charge in [-0.25, -0.2) is 0 Å². The Morgan fingerprint density at radius 2 is 2.25 bits per heavy atom. The zero-order valence-electron chi connectivity index (χ0n) is 9.66. The highest BCUT2D eigenvalue weighted by Crippen LogP contribution is 2.21. The lowest BCUT2D eigenvalue weighted by Gasteiger charge is -2.14. The minimum absolute atomic E-state index is 0.352. The number of methoxy groups -OCH3 is 1. The average Bonchev–Trinajstić information content (AvgIpc) is 2.27. The second kappa shape index (κ2) is 6.89. The van der Waals surface area contributed by atoms with E-state index in [0.717, 1.165) is 16.6 Å². The molecule has 0 aliphatic rings. The van der Waals surface area contributed by atoms with Crippen molar-refractivity contribution < 1.29 is 9.84 Å². The molecular weight excluding hydrogens is 270 g/mol. The van der Waals surface area contributed by atoms with Crippen LogP contribution in [0, 0.1) is 0 Å². The van der Waals surface area contributed by atoms with E-state index >= 15 is 0 Å². The van der Waals surface area contributed by atoms with Crippen LogP contribution in [0.15, 0.2) is 22.7 Å². The van der Waals surface area contributed by atoms with E-state index in [1.165, 1.54) is 5.56 Å². The van der Waals surface area contributed by atoms with Crippen LogP contribution in [0.25, 0.3) is 0 Å². The summed E-state index contributed by atoms with van der Waals surface area (Å²) in [5.74, 6) is 0. The van der Waals surface area contributed by atoms with E-state index in [9.17, 15) is 5.11 Å². The van der Waals surface area contributed by atoms with Crippen molar-refractivity contribution in [3.05, 3.63) is 28.2 Å². The molecule has 1 atom stereocenters. The molecule has 4 heteroatoms. The smallest absolute Gasteiger partial charge is 0.0945 e. The largest absolute Gasteiger partial charge is 0.389 e. The van der Waals surface area contributed by atoms with Gasteiger partial charge in [-0.2, -0.15) is 0 Å². The summed E-state index contributed by atoms with van der Waals surface area (Å²) in [6, 6.07) is 6.09. The standard InChI is InChI=1S/C12H18BrNO2/c1-3-9-6-10(13)4-5-12(9)14-7-11(15)8-16-2/h4-6,11,14-15H,3,7-8H2,1-2H3. The Labute approximate surface area is 105 Å². The fourth-order valence-corrected chi connectivity index (χ4v) is 1.91. The van der Waals surface area contributed by atoms with Gasteiger partial charge < -0.3 is 15.2 Å². The van der Waals surface area contributed by atoms with E-state index in [-0.39, 0.29) is 0 Å². The van der Waals surface area contributed by atoms with Crippen LogP contribution < -0.4 is 5.32 Å². The summed E-state index contributed by atoms with van der Waals surface area (Å²) in [5.41, 5.74) is 2.31. The van der Waals surface area contributed by atoms with Crippen LogP contribution in [-0.2, 0) is 11.2 Å². The number of hydrogen-bond donors (Lipinski definition) is 2. The first kappa shape index (κ1) is 13.5. The van der Waals surface area contributed by atoms with Crippen LogP contribution in [0.5, 0.6) is 0 Å². The zero-order chi connectivity index (χ0) is 12.0. The van der Waals surface area contributed by atoms with Gasteiger partial charge in [0.05, 0.1) is 12.7 Å². The fraction of sp³-hybridized carbons (Fsp3) is 0.500. The molecule has 2 N–H and O–H groups in total. The van der Waals surface area contributed by atoms with Crippen LogP contribution in [0.4, 0.5) is 5.69 Å². The molecule has 0 bridgehead atoms. The lowest BCUT2D eigenvalue weighted by Crippen LogP contribution is -2.24. The third-order valence-electron chi connectivity index (χ3n) is 2.34. The Hall–Kier alpha value is -0.580. The Morgan fingerprint density at radius 3 is 2.88 bits per heavy atom. The predicted octanol–water partition coefficient (Wildman–Crippen LogP) is 2.43. The van der Waals surface area contributed by atoms with Gasteiger partial charge in [-0.1, -0.05) is 22.9 Å². The van der Waals surface area contributed by atoms with Gasteiger partial charge in [-0.15, -0.1) is 0 Å². The minimum Gasteiger partial charge on any atom is -0.389 e. The normalized spacial score (nSPS) is 12.5. The molecule has 0 radical (unpaired) electrons. The third-order valence-corrected chi connectivity index (χ3v) is 2.83. The number of benzene rings is 1. The summed E-state index contributed by atoms with van der Waals surface area (Å²) in [5, 5.41) is 12.8. The molecule has 0 heterocycles. The van der Waals surface area contributed by atoms with Crippen LogP contribution in [0.2, 0.25) is 0 Å². The van der Waals surface area contributed by atoms with Gasteiger partial charge in [0, 0.05) is 23.8 Å². The van der Waals surface area contributed by atoms with Crippen LogP contribution >= 0.6 is 15.9 Å². The number of rotatable bonds is 6. The molecule has 1 unspecified atom stereocenters. The van der Waals surface area contributed by atoms with Crippen molar-refractivity contribution >= 4 is 21.6 Å². The molecule has 0 aromatic heterocycles. The predicted molar refractivity (Wildman–Crippen MR) is 69.9 cm³/mol. The highest BCUT2D eigenvalue weighted by molar-refractivity contribution is 9.10. The van der Waals surface area contributed by atoms with Gasteiger partial charge in [0.2, 0.25) is 0 Å². The van der Waals surface area contributed by atoms with Crippen molar-refractivity contribution in [1.82, 2.24) is 0 Å². The summed E-state index contributed by atoms with van der Waals surface area (Å²) >= 11 is 3.44. The van der Waals surface area contributed by atoms with E-state index in [4.69, 9.17) is 4.74 Å². The second-order valence-electron chi connectivity index (χ2n) is 3.65. The van der Waals surface area contributed by atoms with Gasteiger partial charge in [0.25, 0.3) is 0 Å². The Bertz CT molecular complexity index is 331. The first-order chi connectivity index (χ1) is 7.67. The van der Waals surface area contributed by atoms with Gasteiger partial charge in [0.15, 0.2) is 0 Å². The highest BCUT2D eigenvalue weighted by atomic mass is 79.9. The average molecular weight is 288 g/mol. The number of aryl methyl sites for hydroxylation is 1. The number of halogens is 1. The number of ether oxygens (including phenoxy) is 1. The maximum atomic E-state index is 9.53. The van der Waals surface area contributed by atoms with Crippen LogP contribution in [-0.4, -0.2) is 31.5 Å². The lowest BCUT2D eigenvalue weighted by atomic mass is 10.1. The highest BCUT2D eigenvalue weighted by Gasteiger charge is 2.05. The number of aliphatic hydroxyl groups is 1. The summed E-state index contributed by atoms with van der Waals surface area (Å²) in [7, 11) is 1.58. The summed E-state index contributed by atoms with van der Waals surface area (Å²) in [6.07, 6.45) is 0.487. The Morgan fingerprint density at radius 1 is 1.50 bits per heavy atom. The molecule has 0 aliphatic heterocycles. The van der Waals surface area contributed by atoms with Gasteiger partial charge >= 0.3 is 0 Å². The SMILES string of the molecule is CCc1cc(Br)ccc1NCC(O)COC. The van der Waals surface area contributed by atoms with Crippen LogP contribution in [0.3, 0.4) is 0 Å². The lowest BCUT2D eigenvalue weighted by molar-refractivity contribution is 0.0727. The molecule has 0 saturated heterocycles. The molecule has 1 rings (SSSR count). The summed E-state index contributed by atoms with van der Waals surface area (Å²) < 4.78 is 5.95. The molecular formula is C12H18BrNO2. The number of hydrogen-bond acceptors (Lipinski definition) is 3. The molecule has 0 amide bonds. The second-order valence-corrected chi connectivity index (χ2v) is 4.56. The third kappa shape index (κ3) is 4.12. The molecule has 0 aliphatic carbocycles. The van der Waals surface area contributed by atoms with E-state index in [1.54, 1.807) is 7.11 Å². The number of aliphatic hydroxyl groups excluding tert-OH is 1. The molecule has 0 fully saturated rings. The first-order valence-electron chi connectivity index (χ1n) is 5.36. The van der Waals surface area contributed by atoms with Crippen molar-refractivity contribution in [3.63, 3.8) is 0 Å². The van der Waals surface area contributed by atoms with Crippen molar-refractivity contribution in [1.29, 1.82) is 0 Å².